The van der Waals surface area contributed by atoms with Gasteiger partial charge >= 0.3 is 0 Å². The zero-order valence-corrected chi connectivity index (χ0v) is 14.7. The molecule has 1 atom stereocenters. The van der Waals surface area contributed by atoms with E-state index in [-0.39, 0.29) is 16.9 Å². The van der Waals surface area contributed by atoms with E-state index in [1.54, 1.807) is 6.20 Å². The van der Waals surface area contributed by atoms with Gasteiger partial charge in [0.05, 0.1) is 29.5 Å². The van der Waals surface area contributed by atoms with E-state index in [9.17, 15) is 0 Å². The van der Waals surface area contributed by atoms with Gasteiger partial charge < -0.3 is 4.90 Å². The molecular formula is C15H28ClN5. The van der Waals surface area contributed by atoms with E-state index in [0.717, 1.165) is 18.8 Å². The number of hydrogen-bond donors (Lipinski definition) is 2. The average Bonchev–Trinajstić information content (AvgIpc) is 2.68. The Balaban J connectivity index is 2.29. The first kappa shape index (κ1) is 16.7. The van der Waals surface area contributed by atoms with E-state index in [2.05, 4.69) is 57.2 Å². The fourth-order valence-electron chi connectivity index (χ4n) is 3.57. The third-order valence-electron chi connectivity index (χ3n) is 5.53. The van der Waals surface area contributed by atoms with Crippen LogP contribution in [-0.2, 0) is 6.54 Å². The fraction of sp³-hybridized carbons (Fsp3) is 0.800. The molecular weight excluding hydrogens is 286 g/mol. The number of hydrazine groups is 1. The van der Waals surface area contributed by atoms with Gasteiger partial charge in [-0.25, -0.2) is 0 Å². The minimum absolute atomic E-state index is 0.0205. The quantitative estimate of drug-likeness (QED) is 0.625. The molecule has 1 fully saturated rings. The summed E-state index contributed by atoms with van der Waals surface area (Å²) in [4.78, 5) is 2.13. The predicted octanol–water partition coefficient (Wildman–Crippen LogP) is 2.28. The van der Waals surface area contributed by atoms with Gasteiger partial charge in [-0.2, -0.15) is 5.10 Å². The maximum Gasteiger partial charge on any atom is 0.0834 e. The van der Waals surface area contributed by atoms with Crippen molar-refractivity contribution >= 4 is 11.6 Å². The van der Waals surface area contributed by atoms with E-state index in [1.165, 1.54) is 0 Å². The Hall–Kier alpha value is -0.620. The van der Waals surface area contributed by atoms with Crippen LogP contribution in [0.4, 0.5) is 0 Å². The van der Waals surface area contributed by atoms with Crippen LogP contribution in [-0.4, -0.2) is 35.3 Å². The lowest BCUT2D eigenvalue weighted by Crippen LogP contribution is -2.34. The normalized spacial score (nSPS) is 21.8. The Bertz CT molecular complexity index is 492. The molecule has 0 amide bonds. The summed E-state index contributed by atoms with van der Waals surface area (Å²) in [5.41, 5.74) is 4.44. The molecule has 120 valence electrons. The molecule has 1 aromatic rings. The summed E-state index contributed by atoms with van der Waals surface area (Å²) in [6.45, 7) is 10.9. The summed E-state index contributed by atoms with van der Waals surface area (Å²) < 4.78 is 1.98. The molecule has 1 heterocycles. The lowest BCUT2D eigenvalue weighted by atomic mass is 10.0. The van der Waals surface area contributed by atoms with Gasteiger partial charge in [0.15, 0.2) is 0 Å². The minimum atomic E-state index is 0.0205. The summed E-state index contributed by atoms with van der Waals surface area (Å²) in [6.07, 6.45) is 1.72. The summed E-state index contributed by atoms with van der Waals surface area (Å²) >= 11 is 6.40. The van der Waals surface area contributed by atoms with Gasteiger partial charge in [-0.15, -0.1) is 0 Å². The molecule has 6 heteroatoms. The first-order valence-electron chi connectivity index (χ1n) is 7.46. The third kappa shape index (κ3) is 2.72. The van der Waals surface area contributed by atoms with E-state index in [1.807, 2.05) is 4.68 Å². The number of aromatic nitrogens is 2. The number of nitrogens with two attached hydrogens (primary N) is 1. The van der Waals surface area contributed by atoms with Gasteiger partial charge in [0.1, 0.15) is 0 Å². The van der Waals surface area contributed by atoms with Gasteiger partial charge in [-0.3, -0.25) is 16.0 Å². The van der Waals surface area contributed by atoms with Crippen LogP contribution in [0.2, 0.25) is 5.02 Å². The molecule has 1 aliphatic rings. The number of nitrogens with zero attached hydrogens (tertiary/aromatic N) is 3. The molecule has 3 N–H and O–H groups in total. The molecule has 5 nitrogen and oxygen atoms in total. The molecule has 0 spiro atoms. The average molecular weight is 314 g/mol. The lowest BCUT2D eigenvalue weighted by molar-refractivity contribution is 0.346. The summed E-state index contributed by atoms with van der Waals surface area (Å²) in [5.74, 6) is 6.31. The summed E-state index contributed by atoms with van der Waals surface area (Å²) in [7, 11) is 4.10. The van der Waals surface area contributed by atoms with E-state index in [0.29, 0.717) is 10.9 Å². The zero-order valence-electron chi connectivity index (χ0n) is 13.9. The summed E-state index contributed by atoms with van der Waals surface area (Å²) in [6, 6.07) is 0.0205. The molecule has 0 aromatic carbocycles. The first-order valence-corrected chi connectivity index (χ1v) is 7.84. The highest BCUT2D eigenvalue weighted by atomic mass is 35.5. The van der Waals surface area contributed by atoms with Crippen molar-refractivity contribution in [3.05, 3.63) is 16.9 Å². The SMILES string of the molecule is CN(C)CCn1ncc(Cl)c1C(NN)C1C(C)(C)C1(C)C. The van der Waals surface area contributed by atoms with Gasteiger partial charge in [0, 0.05) is 6.54 Å². The number of hydrogen-bond acceptors (Lipinski definition) is 4. The number of halogens is 1. The molecule has 0 aliphatic heterocycles. The predicted molar refractivity (Wildman–Crippen MR) is 86.9 cm³/mol. The van der Waals surface area contributed by atoms with Crippen LogP contribution in [0, 0.1) is 16.7 Å². The second-order valence-electron chi connectivity index (χ2n) is 7.47. The maximum absolute atomic E-state index is 6.40. The second-order valence-corrected chi connectivity index (χ2v) is 7.88. The van der Waals surface area contributed by atoms with Crippen molar-refractivity contribution in [2.45, 2.75) is 40.3 Å². The molecule has 21 heavy (non-hydrogen) atoms. The number of likely N-dealkylation sites (N-methyl/N-ethyl adjacent to an activating group) is 1. The van der Waals surface area contributed by atoms with E-state index >= 15 is 0 Å². The van der Waals surface area contributed by atoms with Crippen LogP contribution in [0.25, 0.3) is 0 Å². The lowest BCUT2D eigenvalue weighted by Gasteiger charge is -2.21. The van der Waals surface area contributed by atoms with Crippen molar-refractivity contribution in [2.75, 3.05) is 20.6 Å². The standard InChI is InChI=1S/C15H28ClN5/c1-14(2)13(15(14,3)4)11(19-17)12-10(16)9-18-21(12)8-7-20(5)6/h9,11,13,19H,7-8,17H2,1-6H3. The molecule has 1 unspecified atom stereocenters. The highest BCUT2D eigenvalue weighted by molar-refractivity contribution is 6.31. The third-order valence-corrected chi connectivity index (χ3v) is 5.82. The Morgan fingerprint density at radius 1 is 1.38 bits per heavy atom. The Morgan fingerprint density at radius 2 is 1.95 bits per heavy atom. The van der Waals surface area contributed by atoms with Crippen molar-refractivity contribution in [1.82, 2.24) is 20.1 Å². The minimum Gasteiger partial charge on any atom is -0.308 e. The van der Waals surface area contributed by atoms with Crippen LogP contribution in [0.1, 0.15) is 39.4 Å². The molecule has 1 aliphatic carbocycles. The molecule has 2 rings (SSSR count). The van der Waals surface area contributed by atoms with Crippen LogP contribution in [0.3, 0.4) is 0 Å². The number of rotatable bonds is 6. The van der Waals surface area contributed by atoms with Crippen molar-refractivity contribution < 1.29 is 0 Å². The van der Waals surface area contributed by atoms with Crippen molar-refractivity contribution in [3.63, 3.8) is 0 Å². The Labute approximate surface area is 132 Å². The van der Waals surface area contributed by atoms with Crippen LogP contribution >= 0.6 is 11.6 Å². The Kier molecular flexibility index (Phi) is 4.42. The van der Waals surface area contributed by atoms with E-state index < -0.39 is 0 Å². The molecule has 0 radical (unpaired) electrons. The highest BCUT2D eigenvalue weighted by Crippen LogP contribution is 2.72. The van der Waals surface area contributed by atoms with Crippen molar-refractivity contribution in [1.29, 1.82) is 0 Å². The summed E-state index contributed by atoms with van der Waals surface area (Å²) in [5, 5.41) is 5.11. The largest absolute Gasteiger partial charge is 0.308 e. The smallest absolute Gasteiger partial charge is 0.0834 e. The number of nitrogens with one attached hydrogen (secondary N) is 1. The van der Waals surface area contributed by atoms with Crippen LogP contribution in [0.15, 0.2) is 6.20 Å². The molecule has 1 aromatic heterocycles. The first-order chi connectivity index (χ1) is 9.64. The van der Waals surface area contributed by atoms with Crippen LogP contribution in [0.5, 0.6) is 0 Å². The highest BCUT2D eigenvalue weighted by Gasteiger charge is 2.67. The Morgan fingerprint density at radius 3 is 2.38 bits per heavy atom. The van der Waals surface area contributed by atoms with Crippen molar-refractivity contribution in [3.8, 4) is 0 Å². The van der Waals surface area contributed by atoms with Gasteiger partial charge in [-0.05, 0) is 30.8 Å². The van der Waals surface area contributed by atoms with Crippen LogP contribution < -0.4 is 11.3 Å². The maximum atomic E-state index is 6.40. The second kappa shape index (κ2) is 5.54. The fourth-order valence-corrected chi connectivity index (χ4v) is 3.83. The zero-order chi connectivity index (χ0) is 16.0. The van der Waals surface area contributed by atoms with E-state index in [4.69, 9.17) is 17.4 Å². The van der Waals surface area contributed by atoms with Gasteiger partial charge in [0.25, 0.3) is 0 Å². The van der Waals surface area contributed by atoms with Gasteiger partial charge in [0.2, 0.25) is 0 Å². The van der Waals surface area contributed by atoms with Gasteiger partial charge in [-0.1, -0.05) is 39.3 Å². The monoisotopic (exact) mass is 313 g/mol. The molecule has 1 saturated carbocycles. The molecule has 0 saturated heterocycles. The molecule has 0 bridgehead atoms. The van der Waals surface area contributed by atoms with Crippen molar-refractivity contribution in [2.24, 2.45) is 22.6 Å². The topological polar surface area (TPSA) is 59.1 Å².